The van der Waals surface area contributed by atoms with E-state index in [1.165, 1.54) is 5.56 Å². The Morgan fingerprint density at radius 2 is 1.90 bits per heavy atom. The number of halogens is 1. The fourth-order valence-corrected chi connectivity index (χ4v) is 2.20. The molecule has 0 aliphatic heterocycles. The number of pyridine rings is 1. The van der Waals surface area contributed by atoms with Crippen LogP contribution in [-0.4, -0.2) is 12.1 Å². The van der Waals surface area contributed by atoms with E-state index in [0.717, 1.165) is 21.7 Å². The maximum Gasteiger partial charge on any atom is 0.130 e. The summed E-state index contributed by atoms with van der Waals surface area (Å²) in [6.45, 7) is 6.52. The van der Waals surface area contributed by atoms with Gasteiger partial charge in [-0.1, -0.05) is 20.8 Å². The van der Waals surface area contributed by atoms with Crippen LogP contribution in [0.15, 0.2) is 41.0 Å². The minimum absolute atomic E-state index is 0.0240. The highest BCUT2D eigenvalue weighted by Crippen LogP contribution is 2.34. The van der Waals surface area contributed by atoms with Crippen molar-refractivity contribution in [2.24, 2.45) is 0 Å². The first-order chi connectivity index (χ1) is 9.40. The molecule has 0 spiro atoms. The minimum atomic E-state index is 0.0240. The molecule has 0 saturated heterocycles. The van der Waals surface area contributed by atoms with Crippen LogP contribution in [0.5, 0.6) is 5.75 Å². The summed E-state index contributed by atoms with van der Waals surface area (Å²) < 4.78 is 6.41. The SMILES string of the molecule is COc1ccc(Nc2ccc(Br)cn2)cc1C(C)(C)C. The fourth-order valence-electron chi connectivity index (χ4n) is 1.97. The summed E-state index contributed by atoms with van der Waals surface area (Å²) in [6.07, 6.45) is 1.77. The van der Waals surface area contributed by atoms with Gasteiger partial charge in [-0.25, -0.2) is 4.98 Å². The van der Waals surface area contributed by atoms with E-state index in [1.807, 2.05) is 24.3 Å². The predicted octanol–water partition coefficient (Wildman–Crippen LogP) is 4.89. The van der Waals surface area contributed by atoms with Crippen molar-refractivity contribution in [1.82, 2.24) is 4.98 Å². The second-order valence-electron chi connectivity index (χ2n) is 5.65. The third-order valence-corrected chi connectivity index (χ3v) is 3.48. The van der Waals surface area contributed by atoms with Gasteiger partial charge >= 0.3 is 0 Å². The third kappa shape index (κ3) is 3.51. The molecule has 0 aliphatic rings. The van der Waals surface area contributed by atoms with Crippen LogP contribution < -0.4 is 10.1 Å². The van der Waals surface area contributed by atoms with Gasteiger partial charge in [-0.2, -0.15) is 0 Å². The number of hydrogen-bond donors (Lipinski definition) is 1. The van der Waals surface area contributed by atoms with Crippen molar-refractivity contribution in [3.63, 3.8) is 0 Å². The molecule has 0 saturated carbocycles. The smallest absolute Gasteiger partial charge is 0.130 e. The van der Waals surface area contributed by atoms with Crippen LogP contribution >= 0.6 is 15.9 Å². The van der Waals surface area contributed by atoms with Crippen molar-refractivity contribution in [3.8, 4) is 5.75 Å². The highest BCUT2D eigenvalue weighted by atomic mass is 79.9. The molecule has 2 aromatic rings. The average molecular weight is 335 g/mol. The van der Waals surface area contributed by atoms with Crippen molar-refractivity contribution in [2.45, 2.75) is 26.2 Å². The van der Waals surface area contributed by atoms with Crippen molar-refractivity contribution in [3.05, 3.63) is 46.6 Å². The molecule has 0 unspecified atom stereocenters. The molecular weight excluding hydrogens is 316 g/mol. The molecule has 0 aliphatic carbocycles. The molecule has 1 heterocycles. The number of nitrogens with zero attached hydrogens (tertiary/aromatic N) is 1. The highest BCUT2D eigenvalue weighted by Gasteiger charge is 2.19. The molecule has 1 N–H and O–H groups in total. The standard InChI is InChI=1S/C16H19BrN2O/c1-16(2,3)13-9-12(6-7-14(13)20-4)19-15-8-5-11(17)10-18-15/h5-10H,1-4H3,(H,18,19). The van der Waals surface area contributed by atoms with E-state index in [1.54, 1.807) is 13.3 Å². The first-order valence-corrected chi connectivity index (χ1v) is 7.26. The van der Waals surface area contributed by atoms with Gasteiger partial charge in [0.1, 0.15) is 11.6 Å². The molecule has 2 rings (SSSR count). The number of aromatic nitrogens is 1. The van der Waals surface area contributed by atoms with Crippen LogP contribution in [-0.2, 0) is 5.41 Å². The van der Waals surface area contributed by atoms with Crippen molar-refractivity contribution < 1.29 is 4.74 Å². The van der Waals surface area contributed by atoms with Gasteiger partial charge in [0.15, 0.2) is 0 Å². The normalized spacial score (nSPS) is 11.2. The monoisotopic (exact) mass is 334 g/mol. The Morgan fingerprint density at radius 1 is 1.15 bits per heavy atom. The minimum Gasteiger partial charge on any atom is -0.496 e. The fraction of sp³-hybridized carbons (Fsp3) is 0.312. The molecule has 0 bridgehead atoms. The Labute approximate surface area is 128 Å². The van der Waals surface area contributed by atoms with Gasteiger partial charge in [-0.3, -0.25) is 0 Å². The zero-order valence-electron chi connectivity index (χ0n) is 12.2. The molecular formula is C16H19BrN2O. The topological polar surface area (TPSA) is 34.1 Å². The molecule has 1 aromatic heterocycles. The summed E-state index contributed by atoms with van der Waals surface area (Å²) in [5.41, 5.74) is 2.20. The van der Waals surface area contributed by atoms with Crippen LogP contribution in [0.2, 0.25) is 0 Å². The van der Waals surface area contributed by atoms with Gasteiger partial charge in [0.2, 0.25) is 0 Å². The van der Waals surface area contributed by atoms with E-state index < -0.39 is 0 Å². The number of anilines is 2. The average Bonchev–Trinajstić information content (AvgIpc) is 2.40. The van der Waals surface area contributed by atoms with Crippen molar-refractivity contribution in [2.75, 3.05) is 12.4 Å². The largest absolute Gasteiger partial charge is 0.496 e. The van der Waals surface area contributed by atoms with Gasteiger partial charge < -0.3 is 10.1 Å². The van der Waals surface area contributed by atoms with Crippen LogP contribution in [0.25, 0.3) is 0 Å². The number of rotatable bonds is 3. The predicted molar refractivity (Wildman–Crippen MR) is 86.9 cm³/mol. The zero-order chi connectivity index (χ0) is 14.8. The first-order valence-electron chi connectivity index (χ1n) is 6.47. The number of nitrogens with one attached hydrogen (secondary N) is 1. The summed E-state index contributed by atoms with van der Waals surface area (Å²) >= 11 is 3.38. The second-order valence-corrected chi connectivity index (χ2v) is 6.57. The number of hydrogen-bond acceptors (Lipinski definition) is 3. The lowest BCUT2D eigenvalue weighted by molar-refractivity contribution is 0.397. The van der Waals surface area contributed by atoms with E-state index in [9.17, 15) is 0 Å². The molecule has 0 atom stereocenters. The molecule has 0 amide bonds. The van der Waals surface area contributed by atoms with Crippen molar-refractivity contribution in [1.29, 1.82) is 0 Å². The van der Waals surface area contributed by atoms with E-state index in [2.05, 4.69) is 53.1 Å². The van der Waals surface area contributed by atoms with Crippen molar-refractivity contribution >= 4 is 27.4 Å². The Kier molecular flexibility index (Phi) is 4.33. The Hall–Kier alpha value is -1.55. The molecule has 3 nitrogen and oxygen atoms in total. The quantitative estimate of drug-likeness (QED) is 0.867. The van der Waals surface area contributed by atoms with Crippen LogP contribution in [0.3, 0.4) is 0 Å². The molecule has 0 radical (unpaired) electrons. The lowest BCUT2D eigenvalue weighted by Crippen LogP contribution is -2.13. The van der Waals surface area contributed by atoms with E-state index >= 15 is 0 Å². The van der Waals surface area contributed by atoms with Gasteiger partial charge in [0.05, 0.1) is 7.11 Å². The van der Waals surface area contributed by atoms with Gasteiger partial charge in [0.25, 0.3) is 0 Å². The summed E-state index contributed by atoms with van der Waals surface area (Å²) in [5, 5.41) is 3.31. The summed E-state index contributed by atoms with van der Waals surface area (Å²) in [4.78, 5) is 4.32. The molecule has 0 fully saturated rings. The second kappa shape index (κ2) is 5.83. The third-order valence-electron chi connectivity index (χ3n) is 3.01. The molecule has 20 heavy (non-hydrogen) atoms. The summed E-state index contributed by atoms with van der Waals surface area (Å²) in [5.74, 6) is 1.73. The van der Waals surface area contributed by atoms with Crippen LogP contribution in [0, 0.1) is 0 Å². The van der Waals surface area contributed by atoms with E-state index in [4.69, 9.17) is 4.74 Å². The molecule has 1 aromatic carbocycles. The zero-order valence-corrected chi connectivity index (χ0v) is 13.8. The molecule has 4 heteroatoms. The van der Waals surface area contributed by atoms with Gasteiger partial charge in [0, 0.05) is 21.9 Å². The maximum atomic E-state index is 5.44. The first kappa shape index (κ1) is 14.9. The van der Waals surface area contributed by atoms with Crippen LogP contribution in [0.4, 0.5) is 11.5 Å². The number of methoxy groups -OCH3 is 1. The lowest BCUT2D eigenvalue weighted by atomic mass is 9.86. The number of benzene rings is 1. The molecule has 106 valence electrons. The van der Waals surface area contributed by atoms with E-state index in [-0.39, 0.29) is 5.41 Å². The van der Waals surface area contributed by atoms with Crippen LogP contribution in [0.1, 0.15) is 26.3 Å². The lowest BCUT2D eigenvalue weighted by Gasteiger charge is -2.23. The highest BCUT2D eigenvalue weighted by molar-refractivity contribution is 9.10. The Bertz CT molecular complexity index is 588. The van der Waals surface area contributed by atoms with Gasteiger partial charge in [-0.15, -0.1) is 0 Å². The maximum absolute atomic E-state index is 5.44. The van der Waals surface area contributed by atoms with E-state index in [0.29, 0.717) is 0 Å². The van der Waals surface area contributed by atoms with Gasteiger partial charge in [-0.05, 0) is 51.7 Å². The summed E-state index contributed by atoms with van der Waals surface area (Å²) in [6, 6.07) is 10.00. The Morgan fingerprint density at radius 3 is 2.45 bits per heavy atom. The Balaban J connectivity index is 2.31. The number of ether oxygens (including phenoxy) is 1. The summed E-state index contributed by atoms with van der Waals surface area (Å²) in [7, 11) is 1.70.